The Morgan fingerprint density at radius 2 is 1.76 bits per heavy atom. The van der Waals surface area contributed by atoms with Crippen LogP contribution in [0.25, 0.3) is 0 Å². The number of aliphatic hydroxyl groups is 1. The van der Waals surface area contributed by atoms with E-state index in [1.165, 1.54) is 13.8 Å². The van der Waals surface area contributed by atoms with Crippen molar-refractivity contribution in [3.05, 3.63) is 35.9 Å². The van der Waals surface area contributed by atoms with E-state index in [4.69, 9.17) is 10.8 Å². The summed E-state index contributed by atoms with van der Waals surface area (Å²) in [7, 11) is 0. The summed E-state index contributed by atoms with van der Waals surface area (Å²) in [5.74, 6) is -1.71. The fourth-order valence-corrected chi connectivity index (χ4v) is 1.69. The lowest BCUT2D eigenvalue weighted by atomic mass is 9.89. The number of benzene rings is 1. The van der Waals surface area contributed by atoms with Gasteiger partial charge < -0.3 is 21.3 Å². The van der Waals surface area contributed by atoms with Crippen molar-refractivity contribution in [1.82, 2.24) is 5.32 Å². The molecule has 0 bridgehead atoms. The zero-order chi connectivity index (χ0) is 16.1. The second-order valence-corrected chi connectivity index (χ2v) is 5.66. The highest BCUT2D eigenvalue weighted by Crippen LogP contribution is 2.18. The van der Waals surface area contributed by atoms with Gasteiger partial charge in [-0.15, -0.1) is 0 Å². The zero-order valence-electron chi connectivity index (χ0n) is 12.3. The SMILES string of the molecule is CC(N)(CCC(C)(O)C(=O)NCc1ccccc1)C(=O)O. The highest BCUT2D eigenvalue weighted by Gasteiger charge is 2.35. The Morgan fingerprint density at radius 3 is 2.29 bits per heavy atom. The van der Waals surface area contributed by atoms with Crippen molar-refractivity contribution in [3.8, 4) is 0 Å². The van der Waals surface area contributed by atoms with Crippen LogP contribution in [-0.4, -0.2) is 33.2 Å². The monoisotopic (exact) mass is 294 g/mol. The van der Waals surface area contributed by atoms with Crippen LogP contribution in [0.2, 0.25) is 0 Å². The summed E-state index contributed by atoms with van der Waals surface area (Å²) < 4.78 is 0. The van der Waals surface area contributed by atoms with E-state index in [9.17, 15) is 14.7 Å². The second kappa shape index (κ2) is 6.69. The van der Waals surface area contributed by atoms with E-state index in [-0.39, 0.29) is 12.8 Å². The Morgan fingerprint density at radius 1 is 1.19 bits per heavy atom. The van der Waals surface area contributed by atoms with Crippen LogP contribution in [0.3, 0.4) is 0 Å². The Kier molecular flexibility index (Phi) is 5.46. The average molecular weight is 294 g/mol. The van der Waals surface area contributed by atoms with Crippen molar-refractivity contribution >= 4 is 11.9 Å². The molecule has 116 valence electrons. The summed E-state index contributed by atoms with van der Waals surface area (Å²) in [6.45, 7) is 3.01. The minimum Gasteiger partial charge on any atom is -0.480 e. The van der Waals surface area contributed by atoms with Crippen molar-refractivity contribution < 1.29 is 19.8 Å². The molecule has 0 radical (unpaired) electrons. The van der Waals surface area contributed by atoms with Crippen molar-refractivity contribution in [2.45, 2.75) is 44.4 Å². The van der Waals surface area contributed by atoms with Crippen LogP contribution >= 0.6 is 0 Å². The molecule has 0 aliphatic rings. The van der Waals surface area contributed by atoms with Crippen LogP contribution in [-0.2, 0) is 16.1 Å². The molecular formula is C15H22N2O4. The molecule has 2 unspecified atom stereocenters. The molecule has 1 amide bonds. The van der Waals surface area contributed by atoms with Gasteiger partial charge in [0.1, 0.15) is 11.1 Å². The van der Waals surface area contributed by atoms with E-state index in [0.29, 0.717) is 6.54 Å². The summed E-state index contributed by atoms with van der Waals surface area (Å²) in [5.41, 5.74) is 3.37. The third-order valence-corrected chi connectivity index (χ3v) is 3.40. The number of hydrogen-bond donors (Lipinski definition) is 4. The first-order valence-electron chi connectivity index (χ1n) is 6.72. The van der Waals surface area contributed by atoms with Gasteiger partial charge in [0.05, 0.1) is 0 Å². The molecule has 0 fully saturated rings. The van der Waals surface area contributed by atoms with E-state index in [2.05, 4.69) is 5.32 Å². The van der Waals surface area contributed by atoms with Gasteiger partial charge in [0.15, 0.2) is 0 Å². The first-order valence-corrected chi connectivity index (χ1v) is 6.72. The molecule has 0 spiro atoms. The summed E-state index contributed by atoms with van der Waals surface area (Å²) in [5, 5.41) is 21.7. The average Bonchev–Trinajstić information content (AvgIpc) is 2.43. The van der Waals surface area contributed by atoms with Crippen LogP contribution < -0.4 is 11.1 Å². The number of carboxylic acids is 1. The Labute approximate surface area is 124 Å². The Balaban J connectivity index is 2.53. The largest absolute Gasteiger partial charge is 0.480 e. The normalized spacial score (nSPS) is 16.6. The molecule has 1 aromatic carbocycles. The van der Waals surface area contributed by atoms with Crippen LogP contribution in [0.5, 0.6) is 0 Å². The lowest BCUT2D eigenvalue weighted by molar-refractivity contribution is -0.145. The molecule has 6 nitrogen and oxygen atoms in total. The molecule has 21 heavy (non-hydrogen) atoms. The van der Waals surface area contributed by atoms with Gasteiger partial charge >= 0.3 is 5.97 Å². The first-order chi connectivity index (χ1) is 9.65. The molecule has 6 heteroatoms. The van der Waals surface area contributed by atoms with E-state index < -0.39 is 23.0 Å². The highest BCUT2D eigenvalue weighted by atomic mass is 16.4. The lowest BCUT2D eigenvalue weighted by Gasteiger charge is -2.26. The summed E-state index contributed by atoms with van der Waals surface area (Å²) in [6.07, 6.45) is -0.0407. The lowest BCUT2D eigenvalue weighted by Crippen LogP contribution is -2.49. The second-order valence-electron chi connectivity index (χ2n) is 5.66. The number of nitrogens with one attached hydrogen (secondary N) is 1. The predicted molar refractivity (Wildman–Crippen MR) is 78.4 cm³/mol. The van der Waals surface area contributed by atoms with Crippen molar-refractivity contribution in [2.75, 3.05) is 0 Å². The summed E-state index contributed by atoms with van der Waals surface area (Å²) in [6, 6.07) is 9.29. The van der Waals surface area contributed by atoms with E-state index in [1.54, 1.807) is 0 Å². The summed E-state index contributed by atoms with van der Waals surface area (Å²) in [4.78, 5) is 22.9. The van der Waals surface area contributed by atoms with E-state index >= 15 is 0 Å². The van der Waals surface area contributed by atoms with Gasteiger partial charge in [-0.05, 0) is 32.3 Å². The number of carboxylic acid groups (broad SMARTS) is 1. The molecule has 0 aromatic heterocycles. The fourth-order valence-electron chi connectivity index (χ4n) is 1.69. The summed E-state index contributed by atoms with van der Waals surface area (Å²) >= 11 is 0. The van der Waals surface area contributed by atoms with Crippen LogP contribution in [0.1, 0.15) is 32.3 Å². The number of carbonyl (C=O) groups excluding carboxylic acids is 1. The van der Waals surface area contributed by atoms with Gasteiger partial charge in [-0.1, -0.05) is 30.3 Å². The topological polar surface area (TPSA) is 113 Å². The molecule has 1 rings (SSSR count). The number of nitrogens with two attached hydrogens (primary N) is 1. The fraction of sp³-hybridized carbons (Fsp3) is 0.467. The number of rotatable bonds is 7. The smallest absolute Gasteiger partial charge is 0.323 e. The highest BCUT2D eigenvalue weighted by molar-refractivity contribution is 5.84. The van der Waals surface area contributed by atoms with Crippen LogP contribution in [0, 0.1) is 0 Å². The van der Waals surface area contributed by atoms with Gasteiger partial charge in [-0.25, -0.2) is 0 Å². The number of amides is 1. The Hall–Kier alpha value is -1.92. The molecule has 0 aliphatic heterocycles. The molecule has 5 N–H and O–H groups in total. The zero-order valence-corrected chi connectivity index (χ0v) is 12.3. The van der Waals surface area contributed by atoms with Gasteiger partial charge in [-0.3, -0.25) is 9.59 Å². The molecule has 0 heterocycles. The van der Waals surface area contributed by atoms with Crippen LogP contribution in [0.4, 0.5) is 0 Å². The maximum absolute atomic E-state index is 12.0. The Bertz CT molecular complexity index is 498. The van der Waals surface area contributed by atoms with Gasteiger partial charge in [-0.2, -0.15) is 0 Å². The van der Waals surface area contributed by atoms with Crippen molar-refractivity contribution in [1.29, 1.82) is 0 Å². The number of carbonyl (C=O) groups is 2. The maximum Gasteiger partial charge on any atom is 0.323 e. The minimum absolute atomic E-state index is 0.00586. The molecular weight excluding hydrogens is 272 g/mol. The molecule has 2 atom stereocenters. The minimum atomic E-state index is -1.66. The predicted octanol–water partition coefficient (Wildman–Crippen LogP) is 0.636. The van der Waals surface area contributed by atoms with Crippen LogP contribution in [0.15, 0.2) is 30.3 Å². The molecule has 0 saturated carbocycles. The quantitative estimate of drug-likeness (QED) is 0.589. The van der Waals surface area contributed by atoms with E-state index in [0.717, 1.165) is 5.56 Å². The maximum atomic E-state index is 12.0. The third-order valence-electron chi connectivity index (χ3n) is 3.40. The standard InChI is InChI=1S/C15H22N2O4/c1-14(16,13(19)20)8-9-15(2,21)12(18)17-10-11-6-4-3-5-7-11/h3-7,21H,8-10,16H2,1-2H3,(H,17,18)(H,19,20). The van der Waals surface area contributed by atoms with Crippen molar-refractivity contribution in [2.24, 2.45) is 5.73 Å². The first kappa shape index (κ1) is 17.1. The third kappa shape index (κ3) is 5.17. The van der Waals surface area contributed by atoms with Gasteiger partial charge in [0, 0.05) is 6.54 Å². The van der Waals surface area contributed by atoms with E-state index in [1.807, 2.05) is 30.3 Å². The molecule has 0 aliphatic carbocycles. The number of aliphatic carboxylic acids is 1. The number of hydrogen-bond acceptors (Lipinski definition) is 4. The van der Waals surface area contributed by atoms with Gasteiger partial charge in [0.2, 0.25) is 0 Å². The molecule has 0 saturated heterocycles. The molecule has 1 aromatic rings. The van der Waals surface area contributed by atoms with Crippen molar-refractivity contribution in [3.63, 3.8) is 0 Å². The van der Waals surface area contributed by atoms with Gasteiger partial charge in [0.25, 0.3) is 5.91 Å².